The lowest BCUT2D eigenvalue weighted by Gasteiger charge is -2.22. The zero-order valence-corrected chi connectivity index (χ0v) is 20.0. The molecule has 3 heterocycles. The van der Waals surface area contributed by atoms with E-state index in [1.54, 1.807) is 10.8 Å². The second kappa shape index (κ2) is 9.04. The van der Waals surface area contributed by atoms with Crippen molar-refractivity contribution in [2.75, 3.05) is 11.8 Å². The number of aromatic amines is 1. The molecule has 0 radical (unpaired) electrons. The van der Waals surface area contributed by atoms with Crippen LogP contribution in [0.15, 0.2) is 36.8 Å². The van der Waals surface area contributed by atoms with E-state index in [1.165, 1.54) is 26.4 Å². The molecule has 4 aromatic rings. The lowest BCUT2D eigenvalue weighted by Crippen LogP contribution is -2.33. The summed E-state index contributed by atoms with van der Waals surface area (Å²) < 4.78 is 36.2. The second-order valence-electron chi connectivity index (χ2n) is 7.72. The molecule has 0 saturated carbocycles. The smallest absolute Gasteiger partial charge is 0.240 e. The molecule has 1 aromatic carbocycles. The maximum Gasteiger partial charge on any atom is 0.240 e. The number of benzene rings is 1. The molecule has 13 heteroatoms. The van der Waals surface area contributed by atoms with Gasteiger partial charge in [-0.1, -0.05) is 23.7 Å². The maximum absolute atomic E-state index is 13.3. The number of rotatable bonds is 8. The molecule has 0 fully saturated rings. The Morgan fingerprint density at radius 2 is 1.85 bits per heavy atom. The summed E-state index contributed by atoms with van der Waals surface area (Å²) in [6, 6.07) is 5.52. The van der Waals surface area contributed by atoms with E-state index < -0.39 is 21.4 Å². The van der Waals surface area contributed by atoms with Crippen LogP contribution in [0, 0.1) is 0 Å². The van der Waals surface area contributed by atoms with Crippen LogP contribution in [0.2, 0.25) is 5.02 Å². The van der Waals surface area contributed by atoms with E-state index in [9.17, 15) is 8.42 Å². The Labute approximate surface area is 195 Å². The van der Waals surface area contributed by atoms with Gasteiger partial charge >= 0.3 is 0 Å². The molecule has 0 aliphatic rings. The number of nitrogens with zero attached hydrogens (tertiary/aromatic N) is 6. The van der Waals surface area contributed by atoms with E-state index in [0.717, 1.165) is 16.5 Å². The minimum absolute atomic E-state index is 0.0965. The summed E-state index contributed by atoms with van der Waals surface area (Å²) >= 11 is 5.85. The first-order valence-corrected chi connectivity index (χ1v) is 12.0. The van der Waals surface area contributed by atoms with Crippen LogP contribution in [-0.4, -0.2) is 55.7 Å². The number of hydrogen-bond acceptors (Lipinski definition) is 8. The van der Waals surface area contributed by atoms with Gasteiger partial charge in [-0.2, -0.15) is 5.10 Å². The molecule has 0 aliphatic heterocycles. The van der Waals surface area contributed by atoms with Gasteiger partial charge in [0.05, 0.1) is 16.7 Å². The van der Waals surface area contributed by atoms with Crippen LogP contribution in [0.1, 0.15) is 38.7 Å². The first kappa shape index (κ1) is 23.1. The van der Waals surface area contributed by atoms with E-state index in [4.69, 9.17) is 16.3 Å². The number of fused-ring (bicyclic) bond motifs is 1. The Bertz CT molecular complexity index is 1370. The Balaban J connectivity index is 1.70. The van der Waals surface area contributed by atoms with Gasteiger partial charge in [0, 0.05) is 36.5 Å². The lowest BCUT2D eigenvalue weighted by molar-refractivity contribution is 0.0950. The maximum atomic E-state index is 13.3. The number of sulfonamides is 1. The minimum atomic E-state index is -3.97. The molecule has 0 amide bonds. The number of H-pyrrole nitrogens is 1. The number of methoxy groups -OCH3 is 1. The van der Waals surface area contributed by atoms with E-state index in [-0.39, 0.29) is 17.8 Å². The van der Waals surface area contributed by atoms with Crippen LogP contribution in [-0.2, 0) is 14.8 Å². The molecular weight excluding hydrogens is 468 g/mol. The van der Waals surface area contributed by atoms with Crippen LogP contribution in [0.25, 0.3) is 22.3 Å². The molecule has 0 bridgehead atoms. The summed E-state index contributed by atoms with van der Waals surface area (Å²) in [5.74, 6) is 0.823. The van der Waals surface area contributed by atoms with Gasteiger partial charge in [0.15, 0.2) is 11.6 Å². The van der Waals surface area contributed by atoms with Crippen molar-refractivity contribution < 1.29 is 13.2 Å². The largest absolute Gasteiger partial charge is 0.372 e. The average molecular weight is 491 g/mol. The van der Waals surface area contributed by atoms with Crippen LogP contribution in [0.4, 0.5) is 5.95 Å². The van der Waals surface area contributed by atoms with Crippen LogP contribution in [0.3, 0.4) is 0 Å². The first-order chi connectivity index (χ1) is 15.7. The van der Waals surface area contributed by atoms with Gasteiger partial charge in [-0.25, -0.2) is 18.4 Å². The Morgan fingerprint density at radius 3 is 2.52 bits per heavy atom. The minimum Gasteiger partial charge on any atom is -0.372 e. The lowest BCUT2D eigenvalue weighted by atomic mass is 10.1. The van der Waals surface area contributed by atoms with Gasteiger partial charge in [0.1, 0.15) is 11.4 Å². The van der Waals surface area contributed by atoms with Gasteiger partial charge in [-0.3, -0.25) is 14.4 Å². The molecule has 33 heavy (non-hydrogen) atoms. The van der Waals surface area contributed by atoms with Crippen molar-refractivity contribution >= 4 is 38.5 Å². The van der Waals surface area contributed by atoms with Crippen molar-refractivity contribution in [3.05, 3.63) is 47.6 Å². The highest BCUT2D eigenvalue weighted by molar-refractivity contribution is 7.93. The predicted octanol–water partition coefficient (Wildman–Crippen LogP) is 3.36. The fraction of sp³-hybridized carbons (Fsp3) is 0.350. The predicted molar refractivity (Wildman–Crippen MR) is 124 cm³/mol. The number of aromatic nitrogens is 7. The Morgan fingerprint density at radius 1 is 1.12 bits per heavy atom. The fourth-order valence-electron chi connectivity index (χ4n) is 3.56. The quantitative estimate of drug-likeness (QED) is 0.383. The summed E-state index contributed by atoms with van der Waals surface area (Å²) in [4.78, 5) is 8.20. The molecule has 3 aromatic heterocycles. The molecule has 4 rings (SSSR count). The highest BCUT2D eigenvalue weighted by atomic mass is 35.5. The van der Waals surface area contributed by atoms with E-state index >= 15 is 0 Å². The normalized spacial score (nSPS) is 14.0. The van der Waals surface area contributed by atoms with Gasteiger partial charge in [-0.05, 0) is 26.8 Å². The number of anilines is 1. The molecule has 2 atom stereocenters. The summed E-state index contributed by atoms with van der Waals surface area (Å²) in [5.41, 5.74) is 1.62. The summed E-state index contributed by atoms with van der Waals surface area (Å²) in [5, 5.41) is 15.6. The Hall–Kier alpha value is -3.09. The monoisotopic (exact) mass is 490 g/mol. The third kappa shape index (κ3) is 4.41. The molecule has 174 valence electrons. The standard InChI is InChI=1S/C20H23ClN8O3S/c1-11(2)29-19(14-6-5-7-16-15(14)10-24-25-16)26-27-20(29)28-33(30,31)12(3)17(32-4)18-22-8-13(21)9-23-18/h5-12,17H,1-4H3,(H,24,25)(H,27,28)/t12-,17-/m0/s1. The number of nitrogens with one attached hydrogen (secondary N) is 2. The average Bonchev–Trinajstić information content (AvgIpc) is 3.42. The fourth-order valence-corrected chi connectivity index (χ4v) is 4.79. The molecular formula is C20H23ClN8O3S. The second-order valence-corrected chi connectivity index (χ2v) is 10.2. The van der Waals surface area contributed by atoms with Crippen molar-refractivity contribution in [3.8, 4) is 11.4 Å². The SMILES string of the molecule is CO[C@H](c1ncc(Cl)cn1)[C@H](C)S(=O)(=O)Nc1nnc(-c2cccc3[nH]ncc23)n1C(C)C. The molecule has 2 N–H and O–H groups in total. The topological polar surface area (TPSA) is 141 Å². The summed E-state index contributed by atoms with van der Waals surface area (Å²) in [6.45, 7) is 5.35. The zero-order valence-electron chi connectivity index (χ0n) is 18.4. The highest BCUT2D eigenvalue weighted by Gasteiger charge is 2.34. The van der Waals surface area contributed by atoms with Gasteiger partial charge in [0.2, 0.25) is 16.0 Å². The number of halogens is 1. The van der Waals surface area contributed by atoms with Crippen molar-refractivity contribution in [2.45, 2.75) is 38.2 Å². The summed E-state index contributed by atoms with van der Waals surface area (Å²) in [7, 11) is -2.57. The zero-order chi connectivity index (χ0) is 23.8. The van der Waals surface area contributed by atoms with Crippen molar-refractivity contribution in [3.63, 3.8) is 0 Å². The van der Waals surface area contributed by atoms with E-state index in [0.29, 0.717) is 10.8 Å². The first-order valence-electron chi connectivity index (χ1n) is 10.1. The molecule has 0 saturated heterocycles. The van der Waals surface area contributed by atoms with Crippen LogP contribution < -0.4 is 4.72 Å². The molecule has 0 aliphatic carbocycles. The Kier molecular flexibility index (Phi) is 6.32. The van der Waals surface area contributed by atoms with Crippen molar-refractivity contribution in [1.82, 2.24) is 34.9 Å². The van der Waals surface area contributed by atoms with Gasteiger partial charge in [-0.15, -0.1) is 10.2 Å². The highest BCUT2D eigenvalue weighted by Crippen LogP contribution is 2.31. The van der Waals surface area contributed by atoms with E-state index in [2.05, 4.69) is 35.1 Å². The third-order valence-electron chi connectivity index (χ3n) is 5.24. The molecule has 0 spiro atoms. The van der Waals surface area contributed by atoms with Crippen molar-refractivity contribution in [2.24, 2.45) is 0 Å². The van der Waals surface area contributed by atoms with E-state index in [1.807, 2.05) is 32.0 Å². The molecule has 0 unspecified atom stereocenters. The number of ether oxygens (including phenoxy) is 1. The van der Waals surface area contributed by atoms with Crippen LogP contribution >= 0.6 is 11.6 Å². The van der Waals surface area contributed by atoms with Gasteiger partial charge < -0.3 is 4.74 Å². The molecule has 11 nitrogen and oxygen atoms in total. The van der Waals surface area contributed by atoms with Crippen molar-refractivity contribution in [1.29, 1.82) is 0 Å². The number of hydrogen-bond donors (Lipinski definition) is 2. The van der Waals surface area contributed by atoms with Gasteiger partial charge in [0.25, 0.3) is 0 Å². The summed E-state index contributed by atoms with van der Waals surface area (Å²) in [6.07, 6.45) is 3.56. The van der Waals surface area contributed by atoms with Crippen LogP contribution in [0.5, 0.6) is 0 Å². The third-order valence-corrected chi connectivity index (χ3v) is 7.12.